The van der Waals surface area contributed by atoms with E-state index in [-0.39, 0.29) is 5.91 Å². The van der Waals surface area contributed by atoms with E-state index in [2.05, 4.69) is 20.5 Å². The molecule has 1 aliphatic rings. The smallest absolute Gasteiger partial charge is 0.289 e. The number of amides is 1. The molecular weight excluding hydrogens is 416 g/mol. The lowest BCUT2D eigenvalue weighted by Gasteiger charge is -2.34. The first kappa shape index (κ1) is 19.8. The molecule has 3 aromatic heterocycles. The number of piperazine rings is 1. The van der Waals surface area contributed by atoms with Crippen LogP contribution in [0.1, 0.15) is 22.2 Å². The van der Waals surface area contributed by atoms with Crippen molar-refractivity contribution in [2.24, 2.45) is 0 Å². The van der Waals surface area contributed by atoms with Crippen LogP contribution < -0.4 is 0 Å². The second-order valence-electron chi connectivity index (χ2n) is 8.35. The van der Waals surface area contributed by atoms with Crippen LogP contribution >= 0.6 is 0 Å². The van der Waals surface area contributed by atoms with Crippen molar-refractivity contribution in [1.29, 1.82) is 0 Å². The SMILES string of the molecule is O=C(c1ccco1)N1CCN(Cc2nc3ccccc3n2Cc2nc3ccccc3[nH]2)CC1. The van der Waals surface area contributed by atoms with Gasteiger partial charge in [-0.1, -0.05) is 24.3 Å². The van der Waals surface area contributed by atoms with Gasteiger partial charge in [0.2, 0.25) is 0 Å². The van der Waals surface area contributed by atoms with Crippen LogP contribution in [0, 0.1) is 0 Å². The molecule has 1 fully saturated rings. The molecule has 8 heteroatoms. The molecule has 2 aromatic carbocycles. The van der Waals surface area contributed by atoms with E-state index in [0.717, 1.165) is 53.3 Å². The zero-order valence-electron chi connectivity index (χ0n) is 18.1. The minimum Gasteiger partial charge on any atom is -0.459 e. The number of benzene rings is 2. The van der Waals surface area contributed by atoms with Crippen LogP contribution in [0.15, 0.2) is 71.3 Å². The second kappa shape index (κ2) is 8.22. The number of fused-ring (bicyclic) bond motifs is 2. The summed E-state index contributed by atoms with van der Waals surface area (Å²) in [5.74, 6) is 2.27. The third-order valence-electron chi connectivity index (χ3n) is 6.24. The molecule has 8 nitrogen and oxygen atoms in total. The quantitative estimate of drug-likeness (QED) is 0.452. The molecule has 4 heterocycles. The van der Waals surface area contributed by atoms with Crippen LogP contribution in [0.2, 0.25) is 0 Å². The lowest BCUT2D eigenvalue weighted by Crippen LogP contribution is -2.48. The van der Waals surface area contributed by atoms with E-state index in [0.29, 0.717) is 25.4 Å². The minimum absolute atomic E-state index is 0.0447. The highest BCUT2D eigenvalue weighted by molar-refractivity contribution is 5.91. The maximum absolute atomic E-state index is 12.6. The fraction of sp³-hybridized carbons (Fsp3) is 0.240. The summed E-state index contributed by atoms with van der Waals surface area (Å²) < 4.78 is 7.52. The summed E-state index contributed by atoms with van der Waals surface area (Å²) in [6, 6.07) is 19.8. The fourth-order valence-electron chi connectivity index (χ4n) is 4.52. The zero-order valence-corrected chi connectivity index (χ0v) is 18.1. The van der Waals surface area contributed by atoms with Crippen molar-refractivity contribution in [3.05, 3.63) is 84.3 Å². The van der Waals surface area contributed by atoms with Crippen LogP contribution in [-0.2, 0) is 13.1 Å². The van der Waals surface area contributed by atoms with Gasteiger partial charge in [-0.2, -0.15) is 0 Å². The number of aromatic amines is 1. The van der Waals surface area contributed by atoms with Gasteiger partial charge >= 0.3 is 0 Å². The summed E-state index contributed by atoms with van der Waals surface area (Å²) in [5, 5.41) is 0. The van der Waals surface area contributed by atoms with Gasteiger partial charge in [0.1, 0.15) is 11.6 Å². The monoisotopic (exact) mass is 440 g/mol. The molecule has 0 atom stereocenters. The Bertz CT molecular complexity index is 1380. The Morgan fingerprint density at radius 2 is 1.67 bits per heavy atom. The lowest BCUT2D eigenvalue weighted by atomic mass is 10.2. The summed E-state index contributed by atoms with van der Waals surface area (Å²) in [7, 11) is 0. The number of carbonyl (C=O) groups excluding carboxylic acids is 1. The van der Waals surface area contributed by atoms with Gasteiger partial charge in [-0.25, -0.2) is 9.97 Å². The van der Waals surface area contributed by atoms with Gasteiger partial charge in [-0.15, -0.1) is 0 Å². The van der Waals surface area contributed by atoms with E-state index in [1.807, 2.05) is 47.4 Å². The van der Waals surface area contributed by atoms with Crippen molar-refractivity contribution >= 4 is 28.0 Å². The number of hydrogen-bond donors (Lipinski definition) is 1. The van der Waals surface area contributed by atoms with E-state index in [9.17, 15) is 4.79 Å². The number of carbonyl (C=O) groups is 1. The molecule has 1 aliphatic heterocycles. The highest BCUT2D eigenvalue weighted by atomic mass is 16.3. The number of imidazole rings is 2. The van der Waals surface area contributed by atoms with Crippen molar-refractivity contribution in [2.45, 2.75) is 13.1 Å². The summed E-state index contributed by atoms with van der Waals surface area (Å²) in [6.45, 7) is 4.27. The molecule has 1 amide bonds. The van der Waals surface area contributed by atoms with Gasteiger partial charge < -0.3 is 18.9 Å². The lowest BCUT2D eigenvalue weighted by molar-refractivity contribution is 0.0594. The van der Waals surface area contributed by atoms with Crippen LogP contribution in [0.4, 0.5) is 0 Å². The topological polar surface area (TPSA) is 83.2 Å². The van der Waals surface area contributed by atoms with Crippen molar-refractivity contribution in [3.8, 4) is 0 Å². The van der Waals surface area contributed by atoms with E-state index in [1.165, 1.54) is 6.26 Å². The number of H-pyrrole nitrogens is 1. The average Bonchev–Trinajstić information content (AvgIpc) is 3.59. The molecule has 0 spiro atoms. The first-order chi connectivity index (χ1) is 16.2. The number of nitrogens with zero attached hydrogens (tertiary/aromatic N) is 5. The maximum Gasteiger partial charge on any atom is 0.289 e. The fourth-order valence-corrected chi connectivity index (χ4v) is 4.52. The van der Waals surface area contributed by atoms with Crippen LogP contribution in [0.5, 0.6) is 0 Å². The Morgan fingerprint density at radius 3 is 2.45 bits per heavy atom. The van der Waals surface area contributed by atoms with Crippen LogP contribution in [0.25, 0.3) is 22.1 Å². The third kappa shape index (κ3) is 3.78. The molecule has 6 rings (SSSR count). The van der Waals surface area contributed by atoms with Crippen molar-refractivity contribution < 1.29 is 9.21 Å². The summed E-state index contributed by atoms with van der Waals surface area (Å²) >= 11 is 0. The third-order valence-corrected chi connectivity index (χ3v) is 6.24. The Labute approximate surface area is 190 Å². The largest absolute Gasteiger partial charge is 0.459 e. The Kier molecular flexibility index (Phi) is 4.92. The van der Waals surface area contributed by atoms with E-state index in [1.54, 1.807) is 12.1 Å². The van der Waals surface area contributed by atoms with E-state index in [4.69, 9.17) is 14.4 Å². The van der Waals surface area contributed by atoms with Crippen LogP contribution in [-0.4, -0.2) is 61.4 Å². The molecule has 0 bridgehead atoms. The van der Waals surface area contributed by atoms with Gasteiger partial charge in [0, 0.05) is 26.2 Å². The minimum atomic E-state index is -0.0447. The van der Waals surface area contributed by atoms with Gasteiger partial charge in [0.05, 0.1) is 41.4 Å². The standard InChI is InChI=1S/C25H24N6O2/c32-25(22-10-5-15-33-22)30-13-11-29(12-14-30)17-24-28-20-8-3-4-9-21(20)31(24)16-23-26-18-6-1-2-7-19(18)27-23/h1-10,15H,11-14,16-17H2,(H,26,27). The second-order valence-corrected chi connectivity index (χ2v) is 8.35. The summed E-state index contributed by atoms with van der Waals surface area (Å²) in [4.78, 5) is 29.9. The van der Waals surface area contributed by atoms with Crippen molar-refractivity contribution in [3.63, 3.8) is 0 Å². The molecular formula is C25H24N6O2. The molecule has 166 valence electrons. The van der Waals surface area contributed by atoms with Crippen molar-refractivity contribution in [1.82, 2.24) is 29.3 Å². The first-order valence-corrected chi connectivity index (χ1v) is 11.2. The number of para-hydroxylation sites is 4. The van der Waals surface area contributed by atoms with Gasteiger partial charge in [-0.3, -0.25) is 9.69 Å². The number of furan rings is 1. The Balaban J connectivity index is 1.22. The molecule has 0 radical (unpaired) electrons. The number of rotatable bonds is 5. The highest BCUT2D eigenvalue weighted by Gasteiger charge is 2.25. The van der Waals surface area contributed by atoms with Crippen LogP contribution in [0.3, 0.4) is 0 Å². The van der Waals surface area contributed by atoms with Crippen molar-refractivity contribution in [2.75, 3.05) is 26.2 Å². The highest BCUT2D eigenvalue weighted by Crippen LogP contribution is 2.21. The number of aromatic nitrogens is 4. The average molecular weight is 441 g/mol. The van der Waals surface area contributed by atoms with Gasteiger partial charge in [0.25, 0.3) is 5.91 Å². The summed E-state index contributed by atoms with van der Waals surface area (Å²) in [5.41, 5.74) is 4.08. The Morgan fingerprint density at radius 1 is 0.879 bits per heavy atom. The number of hydrogen-bond acceptors (Lipinski definition) is 5. The normalized spacial score (nSPS) is 15.0. The van der Waals surface area contributed by atoms with E-state index < -0.39 is 0 Å². The molecule has 0 saturated carbocycles. The molecule has 33 heavy (non-hydrogen) atoms. The molecule has 1 N–H and O–H groups in total. The number of nitrogens with one attached hydrogen (secondary N) is 1. The zero-order chi connectivity index (χ0) is 22.2. The first-order valence-electron chi connectivity index (χ1n) is 11.2. The maximum atomic E-state index is 12.6. The molecule has 5 aromatic rings. The molecule has 0 aliphatic carbocycles. The van der Waals surface area contributed by atoms with Gasteiger partial charge in [0.15, 0.2) is 5.76 Å². The molecule has 1 saturated heterocycles. The Hall–Kier alpha value is -3.91. The summed E-state index contributed by atoms with van der Waals surface area (Å²) in [6.07, 6.45) is 1.54. The predicted molar refractivity (Wildman–Crippen MR) is 125 cm³/mol. The predicted octanol–water partition coefficient (Wildman–Crippen LogP) is 3.51. The van der Waals surface area contributed by atoms with E-state index >= 15 is 0 Å². The molecule has 0 unspecified atom stereocenters. The van der Waals surface area contributed by atoms with Gasteiger partial charge in [-0.05, 0) is 36.4 Å².